The molecule has 3 aliphatic carbocycles. The van der Waals surface area contributed by atoms with E-state index in [9.17, 15) is 0 Å². The van der Waals surface area contributed by atoms with Gasteiger partial charge in [0.25, 0.3) is 0 Å². The van der Waals surface area contributed by atoms with Gasteiger partial charge < -0.3 is 0 Å². The first-order valence-corrected chi connectivity index (χ1v) is 8.25. The van der Waals surface area contributed by atoms with E-state index in [0.29, 0.717) is 0 Å². The Balaban J connectivity index is 1.46. The standard InChI is InChI=1S/C17H30/c1-4-5-6-7-8-9-13-11(2)12(3)16-14-10-15(14)17(13)16/h11-17H,4-10H2,1-3H3. The van der Waals surface area contributed by atoms with Crippen molar-refractivity contribution in [3.63, 3.8) is 0 Å². The van der Waals surface area contributed by atoms with Crippen LogP contribution in [0.2, 0.25) is 0 Å². The van der Waals surface area contributed by atoms with Crippen LogP contribution in [0, 0.1) is 41.4 Å². The molecule has 3 rings (SSSR count). The van der Waals surface area contributed by atoms with Crippen molar-refractivity contribution < 1.29 is 0 Å². The first kappa shape index (κ1) is 12.1. The average molecular weight is 234 g/mol. The molecule has 7 atom stereocenters. The molecule has 0 aliphatic heterocycles. The van der Waals surface area contributed by atoms with Gasteiger partial charge in [-0.3, -0.25) is 0 Å². The Bertz CT molecular complexity index is 269. The summed E-state index contributed by atoms with van der Waals surface area (Å²) in [4.78, 5) is 0. The van der Waals surface area contributed by atoms with Crippen LogP contribution in [0.5, 0.6) is 0 Å². The molecule has 3 fully saturated rings. The summed E-state index contributed by atoms with van der Waals surface area (Å²) in [6, 6.07) is 0. The number of hydrogen-bond donors (Lipinski definition) is 0. The fourth-order valence-electron chi connectivity index (χ4n) is 5.42. The van der Waals surface area contributed by atoms with Gasteiger partial charge in [-0.2, -0.15) is 0 Å². The Morgan fingerprint density at radius 3 is 2.29 bits per heavy atom. The minimum absolute atomic E-state index is 1.03. The van der Waals surface area contributed by atoms with E-state index in [-0.39, 0.29) is 0 Å². The van der Waals surface area contributed by atoms with Crippen LogP contribution in [0.1, 0.15) is 65.7 Å². The molecular weight excluding hydrogens is 204 g/mol. The minimum atomic E-state index is 1.03. The maximum absolute atomic E-state index is 2.55. The molecule has 3 saturated carbocycles. The van der Waals surface area contributed by atoms with E-state index >= 15 is 0 Å². The zero-order chi connectivity index (χ0) is 12.0. The van der Waals surface area contributed by atoms with Crippen molar-refractivity contribution in [3.8, 4) is 0 Å². The van der Waals surface area contributed by atoms with Crippen molar-refractivity contribution in [2.75, 3.05) is 0 Å². The van der Waals surface area contributed by atoms with Crippen LogP contribution in [0.3, 0.4) is 0 Å². The second-order valence-electron chi connectivity index (χ2n) is 7.30. The van der Waals surface area contributed by atoms with Crippen LogP contribution in [0.15, 0.2) is 0 Å². The predicted molar refractivity (Wildman–Crippen MR) is 73.8 cm³/mol. The first-order chi connectivity index (χ1) is 8.25. The van der Waals surface area contributed by atoms with Gasteiger partial charge in [-0.1, -0.05) is 52.9 Å². The number of hydrogen-bond acceptors (Lipinski definition) is 0. The molecule has 0 heteroatoms. The summed E-state index contributed by atoms with van der Waals surface area (Å²) in [5.41, 5.74) is 0. The molecule has 0 spiro atoms. The van der Waals surface area contributed by atoms with Gasteiger partial charge in [-0.05, 0) is 54.3 Å². The van der Waals surface area contributed by atoms with E-state index in [4.69, 9.17) is 0 Å². The van der Waals surface area contributed by atoms with Crippen molar-refractivity contribution in [2.24, 2.45) is 41.4 Å². The van der Waals surface area contributed by atoms with Gasteiger partial charge in [0.05, 0.1) is 0 Å². The van der Waals surface area contributed by atoms with Crippen LogP contribution in [0.4, 0.5) is 0 Å². The molecule has 7 unspecified atom stereocenters. The van der Waals surface area contributed by atoms with E-state index in [0.717, 1.165) is 23.7 Å². The summed E-state index contributed by atoms with van der Waals surface area (Å²) in [7, 11) is 0. The van der Waals surface area contributed by atoms with Gasteiger partial charge >= 0.3 is 0 Å². The highest BCUT2D eigenvalue weighted by molar-refractivity contribution is 5.16. The normalized spacial score (nSPS) is 50.6. The van der Waals surface area contributed by atoms with E-state index < -0.39 is 0 Å². The second kappa shape index (κ2) is 4.59. The molecule has 0 saturated heterocycles. The lowest BCUT2D eigenvalue weighted by molar-refractivity contribution is 0.123. The largest absolute Gasteiger partial charge is 0.0654 e. The zero-order valence-corrected chi connectivity index (χ0v) is 12.0. The van der Waals surface area contributed by atoms with Crippen LogP contribution in [-0.4, -0.2) is 0 Å². The van der Waals surface area contributed by atoms with Gasteiger partial charge in [0, 0.05) is 0 Å². The van der Waals surface area contributed by atoms with Crippen LogP contribution >= 0.6 is 0 Å². The van der Waals surface area contributed by atoms with Gasteiger partial charge in [-0.25, -0.2) is 0 Å². The Morgan fingerprint density at radius 1 is 0.824 bits per heavy atom. The van der Waals surface area contributed by atoms with E-state index in [1.807, 2.05) is 0 Å². The Hall–Kier alpha value is 0. The lowest BCUT2D eigenvalue weighted by Gasteiger charge is -2.35. The summed E-state index contributed by atoms with van der Waals surface area (Å²) in [5, 5.41) is 0. The van der Waals surface area contributed by atoms with Crippen LogP contribution in [-0.2, 0) is 0 Å². The van der Waals surface area contributed by atoms with Crippen molar-refractivity contribution in [1.82, 2.24) is 0 Å². The summed E-state index contributed by atoms with van der Waals surface area (Å²) >= 11 is 0. The van der Waals surface area contributed by atoms with Crippen molar-refractivity contribution in [3.05, 3.63) is 0 Å². The second-order valence-corrected chi connectivity index (χ2v) is 7.30. The summed E-state index contributed by atoms with van der Waals surface area (Å²) < 4.78 is 0. The minimum Gasteiger partial charge on any atom is -0.0654 e. The molecular formula is C17H30. The molecule has 17 heavy (non-hydrogen) atoms. The lowest BCUT2D eigenvalue weighted by Crippen LogP contribution is -2.31. The molecule has 0 N–H and O–H groups in total. The number of fused-ring (bicyclic) bond motifs is 4. The van der Waals surface area contributed by atoms with Crippen molar-refractivity contribution in [2.45, 2.75) is 65.7 Å². The molecule has 98 valence electrons. The predicted octanol–water partition coefficient (Wildman–Crippen LogP) is 5.13. The average Bonchev–Trinajstić information content (AvgIpc) is 2.95. The van der Waals surface area contributed by atoms with Crippen LogP contribution < -0.4 is 0 Å². The molecule has 3 aliphatic rings. The van der Waals surface area contributed by atoms with Gasteiger partial charge in [0.1, 0.15) is 0 Å². The van der Waals surface area contributed by atoms with Gasteiger partial charge in [0.2, 0.25) is 0 Å². The fourth-order valence-corrected chi connectivity index (χ4v) is 5.42. The molecule has 0 aromatic carbocycles. The highest BCUT2D eigenvalue weighted by atomic mass is 14.7. The van der Waals surface area contributed by atoms with E-state index in [1.165, 1.54) is 49.9 Å². The highest BCUT2D eigenvalue weighted by Gasteiger charge is 2.68. The Morgan fingerprint density at radius 2 is 1.53 bits per heavy atom. The van der Waals surface area contributed by atoms with E-state index in [2.05, 4.69) is 20.8 Å². The third-order valence-electron chi connectivity index (χ3n) is 6.57. The molecule has 0 aromatic heterocycles. The molecule has 0 nitrogen and oxygen atoms in total. The smallest absolute Gasteiger partial charge is 0.0318 e. The van der Waals surface area contributed by atoms with Gasteiger partial charge in [0.15, 0.2) is 0 Å². The maximum atomic E-state index is 2.55. The maximum Gasteiger partial charge on any atom is -0.0318 e. The lowest BCUT2D eigenvalue weighted by atomic mass is 9.70. The highest BCUT2D eigenvalue weighted by Crippen LogP contribution is 2.74. The molecule has 0 heterocycles. The quantitative estimate of drug-likeness (QED) is 0.559. The van der Waals surface area contributed by atoms with E-state index in [1.54, 1.807) is 12.8 Å². The SMILES string of the molecule is CCCCCCCC1C(C)C(C)C2C3CC3C12. The third-order valence-corrected chi connectivity index (χ3v) is 6.57. The van der Waals surface area contributed by atoms with Gasteiger partial charge in [-0.15, -0.1) is 0 Å². The number of unbranched alkanes of at least 4 members (excludes halogenated alkanes) is 4. The molecule has 0 amide bonds. The third kappa shape index (κ3) is 1.87. The van der Waals surface area contributed by atoms with Crippen LogP contribution in [0.25, 0.3) is 0 Å². The summed E-state index contributed by atoms with van der Waals surface area (Å²) in [6.07, 6.45) is 10.5. The van der Waals surface area contributed by atoms with Crippen molar-refractivity contribution >= 4 is 0 Å². The molecule has 0 radical (unpaired) electrons. The molecule has 0 bridgehead atoms. The summed E-state index contributed by atoms with van der Waals surface area (Å²) in [6.45, 7) is 7.42. The first-order valence-electron chi connectivity index (χ1n) is 8.25. The zero-order valence-electron chi connectivity index (χ0n) is 12.0. The summed E-state index contributed by atoms with van der Waals surface area (Å²) in [5.74, 6) is 7.93. The Labute approximate surface area is 108 Å². The topological polar surface area (TPSA) is 0 Å². The molecule has 0 aromatic rings. The fraction of sp³-hybridized carbons (Fsp3) is 1.00. The van der Waals surface area contributed by atoms with Crippen molar-refractivity contribution in [1.29, 1.82) is 0 Å². The Kier molecular flexibility index (Phi) is 3.26. The monoisotopic (exact) mass is 234 g/mol. The number of rotatable bonds is 6.